The number of carbonyl (C=O) groups is 1. The molecule has 0 aromatic heterocycles. The summed E-state index contributed by atoms with van der Waals surface area (Å²) < 4.78 is 13.5. The van der Waals surface area contributed by atoms with Gasteiger partial charge < -0.3 is 10.0 Å². The maximum absolute atomic E-state index is 13.5. The number of carbonyl (C=O) groups excluding carboxylic acids is 1. The van der Waals surface area contributed by atoms with E-state index in [2.05, 4.69) is 0 Å². The van der Waals surface area contributed by atoms with Gasteiger partial charge in [0.05, 0.1) is 12.1 Å². The van der Waals surface area contributed by atoms with E-state index < -0.39 is 6.10 Å². The fourth-order valence-electron chi connectivity index (χ4n) is 2.85. The third-order valence-electron chi connectivity index (χ3n) is 4.15. The number of aliphatic hydroxyl groups excluding tert-OH is 1. The van der Waals surface area contributed by atoms with E-state index >= 15 is 0 Å². The van der Waals surface area contributed by atoms with E-state index in [1.165, 1.54) is 6.07 Å². The van der Waals surface area contributed by atoms with Crippen LogP contribution in [0.2, 0.25) is 0 Å². The van der Waals surface area contributed by atoms with Gasteiger partial charge in [-0.25, -0.2) is 4.39 Å². The van der Waals surface area contributed by atoms with E-state index in [-0.39, 0.29) is 24.2 Å². The van der Waals surface area contributed by atoms with Crippen molar-refractivity contribution in [3.8, 4) is 0 Å². The van der Waals surface area contributed by atoms with Gasteiger partial charge in [-0.2, -0.15) is 0 Å². The van der Waals surface area contributed by atoms with Crippen molar-refractivity contribution >= 4 is 5.91 Å². The second kappa shape index (κ2) is 6.84. The van der Waals surface area contributed by atoms with Crippen molar-refractivity contribution in [2.75, 3.05) is 7.05 Å². The molecule has 2 rings (SSSR count). The number of rotatable bonds is 4. The Labute approximate surface area is 119 Å². The zero-order valence-corrected chi connectivity index (χ0v) is 11.9. The van der Waals surface area contributed by atoms with E-state index in [0.717, 1.165) is 25.7 Å². The molecule has 1 aliphatic rings. The quantitative estimate of drug-likeness (QED) is 0.920. The van der Waals surface area contributed by atoms with Gasteiger partial charge in [-0.05, 0) is 30.9 Å². The Hall–Kier alpha value is -1.42. The highest BCUT2D eigenvalue weighted by Crippen LogP contribution is 2.23. The zero-order valence-electron chi connectivity index (χ0n) is 11.9. The molecule has 0 heterocycles. The maximum Gasteiger partial charge on any atom is 0.222 e. The monoisotopic (exact) mass is 279 g/mol. The van der Waals surface area contributed by atoms with Crippen LogP contribution in [-0.4, -0.2) is 35.1 Å². The smallest absolute Gasteiger partial charge is 0.222 e. The highest BCUT2D eigenvalue weighted by Gasteiger charge is 2.29. The number of hydrogen-bond acceptors (Lipinski definition) is 2. The van der Waals surface area contributed by atoms with E-state index in [9.17, 15) is 14.3 Å². The first-order valence-corrected chi connectivity index (χ1v) is 7.26. The van der Waals surface area contributed by atoms with Gasteiger partial charge in [0.15, 0.2) is 0 Å². The number of hydrogen-bond donors (Lipinski definition) is 1. The van der Waals surface area contributed by atoms with Crippen molar-refractivity contribution in [1.29, 1.82) is 0 Å². The second-order valence-electron chi connectivity index (χ2n) is 5.52. The van der Waals surface area contributed by atoms with Crippen molar-refractivity contribution in [2.24, 2.45) is 0 Å². The molecule has 1 amide bonds. The Kier molecular flexibility index (Phi) is 5.12. The van der Waals surface area contributed by atoms with Crippen LogP contribution < -0.4 is 0 Å². The van der Waals surface area contributed by atoms with Gasteiger partial charge in [0.2, 0.25) is 5.91 Å². The molecule has 1 N–H and O–H groups in total. The number of amides is 1. The lowest BCUT2D eigenvalue weighted by Gasteiger charge is -2.35. The molecule has 0 unspecified atom stereocenters. The van der Waals surface area contributed by atoms with E-state index in [0.29, 0.717) is 12.0 Å². The maximum atomic E-state index is 13.5. The summed E-state index contributed by atoms with van der Waals surface area (Å²) in [4.78, 5) is 13.8. The molecule has 0 spiro atoms. The van der Waals surface area contributed by atoms with Crippen molar-refractivity contribution in [2.45, 2.75) is 50.7 Å². The van der Waals surface area contributed by atoms with Gasteiger partial charge in [0.25, 0.3) is 0 Å². The van der Waals surface area contributed by atoms with Crippen LogP contribution in [-0.2, 0) is 11.2 Å². The number of likely N-dealkylation sites (N-methyl/N-ethyl adjacent to an activating group) is 1. The molecule has 1 saturated carbocycles. The van der Waals surface area contributed by atoms with Crippen molar-refractivity contribution in [3.63, 3.8) is 0 Å². The van der Waals surface area contributed by atoms with Gasteiger partial charge in [0, 0.05) is 13.5 Å². The summed E-state index contributed by atoms with van der Waals surface area (Å²) in [7, 11) is 1.74. The first-order chi connectivity index (χ1) is 9.59. The molecule has 4 heteroatoms. The Balaban J connectivity index is 1.89. The number of aryl methyl sites for hydroxylation is 1. The van der Waals surface area contributed by atoms with Crippen LogP contribution in [0.15, 0.2) is 24.3 Å². The Morgan fingerprint density at radius 3 is 2.75 bits per heavy atom. The average molecular weight is 279 g/mol. The number of aliphatic hydroxyl groups is 1. The molecule has 0 saturated heterocycles. The molecule has 1 fully saturated rings. The molecule has 1 aromatic rings. The van der Waals surface area contributed by atoms with Crippen molar-refractivity contribution in [3.05, 3.63) is 35.6 Å². The van der Waals surface area contributed by atoms with Gasteiger partial charge >= 0.3 is 0 Å². The van der Waals surface area contributed by atoms with Gasteiger partial charge in [-0.1, -0.05) is 31.0 Å². The summed E-state index contributed by atoms with van der Waals surface area (Å²) in [6.07, 6.45) is 3.94. The first kappa shape index (κ1) is 15.0. The minimum Gasteiger partial charge on any atom is -0.391 e. The lowest BCUT2D eigenvalue weighted by atomic mass is 9.91. The number of benzene rings is 1. The molecular formula is C16H22FNO2. The van der Waals surface area contributed by atoms with Crippen LogP contribution in [0.25, 0.3) is 0 Å². The molecule has 0 radical (unpaired) electrons. The predicted octanol–water partition coefficient (Wildman–Crippen LogP) is 2.52. The molecule has 1 aliphatic carbocycles. The molecule has 1 aromatic carbocycles. The minimum atomic E-state index is -0.425. The lowest BCUT2D eigenvalue weighted by Crippen LogP contribution is -2.46. The molecule has 20 heavy (non-hydrogen) atoms. The van der Waals surface area contributed by atoms with Crippen molar-refractivity contribution in [1.82, 2.24) is 4.90 Å². The van der Waals surface area contributed by atoms with Gasteiger partial charge in [-0.15, -0.1) is 0 Å². The summed E-state index contributed by atoms with van der Waals surface area (Å²) in [5.41, 5.74) is 0.568. The van der Waals surface area contributed by atoms with Crippen LogP contribution >= 0.6 is 0 Å². The van der Waals surface area contributed by atoms with E-state index in [1.54, 1.807) is 30.1 Å². The van der Waals surface area contributed by atoms with Crippen molar-refractivity contribution < 1.29 is 14.3 Å². The summed E-state index contributed by atoms with van der Waals surface area (Å²) in [6.45, 7) is 0. The molecule has 0 bridgehead atoms. The van der Waals surface area contributed by atoms with Crippen LogP contribution in [0, 0.1) is 5.82 Å². The summed E-state index contributed by atoms with van der Waals surface area (Å²) >= 11 is 0. The molecule has 3 nitrogen and oxygen atoms in total. The van der Waals surface area contributed by atoms with Crippen LogP contribution in [0.3, 0.4) is 0 Å². The third-order valence-corrected chi connectivity index (χ3v) is 4.15. The zero-order chi connectivity index (χ0) is 14.5. The molecule has 2 atom stereocenters. The highest BCUT2D eigenvalue weighted by atomic mass is 19.1. The van der Waals surface area contributed by atoms with Crippen LogP contribution in [0.1, 0.15) is 37.7 Å². The average Bonchev–Trinajstić information content (AvgIpc) is 2.46. The van der Waals surface area contributed by atoms with E-state index in [4.69, 9.17) is 0 Å². The Bertz CT molecular complexity index is 464. The minimum absolute atomic E-state index is 0.0285. The molecule has 110 valence electrons. The summed E-state index contributed by atoms with van der Waals surface area (Å²) in [5, 5.41) is 9.96. The molecular weight excluding hydrogens is 257 g/mol. The van der Waals surface area contributed by atoms with E-state index in [1.807, 2.05) is 0 Å². The summed E-state index contributed by atoms with van der Waals surface area (Å²) in [6, 6.07) is 6.45. The van der Waals surface area contributed by atoms with Crippen LogP contribution in [0.5, 0.6) is 0 Å². The Morgan fingerprint density at radius 2 is 2.05 bits per heavy atom. The highest BCUT2D eigenvalue weighted by molar-refractivity contribution is 5.76. The lowest BCUT2D eigenvalue weighted by molar-refractivity contribution is -0.135. The van der Waals surface area contributed by atoms with Gasteiger partial charge in [-0.3, -0.25) is 4.79 Å². The predicted molar refractivity (Wildman–Crippen MR) is 75.8 cm³/mol. The first-order valence-electron chi connectivity index (χ1n) is 7.26. The normalized spacial score (nSPS) is 22.6. The topological polar surface area (TPSA) is 40.5 Å². The largest absolute Gasteiger partial charge is 0.391 e. The van der Waals surface area contributed by atoms with Crippen LogP contribution in [0.4, 0.5) is 4.39 Å². The Morgan fingerprint density at radius 1 is 1.35 bits per heavy atom. The fourth-order valence-corrected chi connectivity index (χ4v) is 2.85. The van der Waals surface area contributed by atoms with Gasteiger partial charge in [0.1, 0.15) is 5.82 Å². The standard InChI is InChI=1S/C16H22FNO2/c1-18(14-8-4-5-9-15(14)19)16(20)11-10-12-6-2-3-7-13(12)17/h2-3,6-7,14-15,19H,4-5,8-11H2,1H3/t14-,15-/m1/s1. The second-order valence-corrected chi connectivity index (χ2v) is 5.52. The fraction of sp³-hybridized carbons (Fsp3) is 0.562. The third kappa shape index (κ3) is 3.57. The SMILES string of the molecule is CN(C(=O)CCc1ccccc1F)[C@@H]1CCCC[C@H]1O. The number of nitrogens with zero attached hydrogens (tertiary/aromatic N) is 1. The number of halogens is 1. The molecule has 0 aliphatic heterocycles. The summed E-state index contributed by atoms with van der Waals surface area (Å²) in [5.74, 6) is -0.292.